The van der Waals surface area contributed by atoms with Crippen LogP contribution < -0.4 is 10.9 Å². The van der Waals surface area contributed by atoms with E-state index in [1.54, 1.807) is 11.8 Å². The summed E-state index contributed by atoms with van der Waals surface area (Å²) >= 11 is 1.59. The molecule has 2 N–H and O–H groups in total. The molecule has 0 aliphatic carbocycles. The van der Waals surface area contributed by atoms with Crippen LogP contribution in [-0.4, -0.2) is 34.5 Å². The Labute approximate surface area is 67.5 Å². The van der Waals surface area contributed by atoms with E-state index in [1.165, 1.54) is 4.90 Å². The van der Waals surface area contributed by atoms with Crippen molar-refractivity contribution in [3.63, 3.8) is 0 Å². The van der Waals surface area contributed by atoms with Crippen LogP contribution in [-0.2, 0) is 4.79 Å². The maximum absolute atomic E-state index is 11.0. The van der Waals surface area contributed by atoms with Gasteiger partial charge >= 0.3 is 6.03 Å². The second-order valence-corrected chi connectivity index (χ2v) is 3.40. The van der Waals surface area contributed by atoms with E-state index in [0.717, 1.165) is 0 Å². The van der Waals surface area contributed by atoms with Crippen molar-refractivity contribution in [3.8, 4) is 0 Å². The van der Waals surface area contributed by atoms with Crippen molar-refractivity contribution in [1.29, 1.82) is 0 Å². The molecule has 60 valence electrons. The maximum Gasteiger partial charge on any atom is 0.337 e. The van der Waals surface area contributed by atoms with Gasteiger partial charge in [-0.15, -0.1) is 11.8 Å². The van der Waals surface area contributed by atoms with Gasteiger partial charge in [0.05, 0.1) is 5.88 Å². The summed E-state index contributed by atoms with van der Waals surface area (Å²) in [6.07, 6.45) is 0. The highest BCUT2D eigenvalue weighted by molar-refractivity contribution is 7.99. The first-order chi connectivity index (χ1) is 5.29. The van der Waals surface area contributed by atoms with Crippen molar-refractivity contribution >= 4 is 23.7 Å². The summed E-state index contributed by atoms with van der Waals surface area (Å²) in [4.78, 5) is 23.6. The number of urea groups is 1. The third-order valence-corrected chi connectivity index (χ3v) is 2.75. The molecule has 0 aromatic carbocycles. The minimum Gasteiger partial charge on any atom is -0.301 e. The predicted molar refractivity (Wildman–Crippen MR) is 39.6 cm³/mol. The zero-order valence-electron chi connectivity index (χ0n) is 5.66. The van der Waals surface area contributed by atoms with Crippen molar-refractivity contribution in [2.75, 3.05) is 11.6 Å². The molecule has 0 spiro atoms. The molecule has 0 aromatic rings. The van der Waals surface area contributed by atoms with Gasteiger partial charge in [0.15, 0.2) is 0 Å². The number of rotatable bonds is 0. The molecular weight excluding hydrogens is 166 g/mol. The minimum atomic E-state index is -0.256. The van der Waals surface area contributed by atoms with Crippen LogP contribution >= 0.6 is 11.8 Å². The van der Waals surface area contributed by atoms with E-state index >= 15 is 0 Å². The Morgan fingerprint density at radius 3 is 3.00 bits per heavy atom. The average molecular weight is 173 g/mol. The lowest BCUT2D eigenvalue weighted by molar-refractivity contribution is -0.126. The Bertz CT molecular complexity index is 198. The van der Waals surface area contributed by atoms with E-state index in [2.05, 4.69) is 10.9 Å². The SMILES string of the molecule is O=C1NNC(=O)N2CSCC12. The molecule has 1 atom stereocenters. The second-order valence-electron chi connectivity index (χ2n) is 2.40. The number of hydrogen-bond acceptors (Lipinski definition) is 3. The predicted octanol–water partition coefficient (Wildman–Crippen LogP) is -0.884. The van der Waals surface area contributed by atoms with Gasteiger partial charge in [-0.05, 0) is 0 Å². The highest BCUT2D eigenvalue weighted by atomic mass is 32.2. The largest absolute Gasteiger partial charge is 0.337 e. The smallest absolute Gasteiger partial charge is 0.301 e. The topological polar surface area (TPSA) is 61.4 Å². The molecule has 2 heterocycles. The first kappa shape index (κ1) is 6.78. The molecule has 0 bridgehead atoms. The summed E-state index contributed by atoms with van der Waals surface area (Å²) < 4.78 is 0. The lowest BCUT2D eigenvalue weighted by Gasteiger charge is -2.28. The number of carbonyl (C=O) groups excluding carboxylic acids is 2. The standard InChI is InChI=1S/C5H7N3O2S/c9-4-3-1-11-2-8(3)5(10)7-6-4/h3H,1-2H2,(H,6,9)(H,7,10). The van der Waals surface area contributed by atoms with Gasteiger partial charge in [0.25, 0.3) is 5.91 Å². The van der Waals surface area contributed by atoms with Gasteiger partial charge in [-0.1, -0.05) is 0 Å². The molecule has 5 nitrogen and oxygen atoms in total. The summed E-state index contributed by atoms with van der Waals surface area (Å²) in [7, 11) is 0. The number of nitrogens with one attached hydrogen (secondary N) is 2. The highest BCUT2D eigenvalue weighted by Crippen LogP contribution is 2.21. The van der Waals surface area contributed by atoms with Crippen LogP contribution in [0.15, 0.2) is 0 Å². The molecule has 2 rings (SSSR count). The first-order valence-electron chi connectivity index (χ1n) is 3.23. The van der Waals surface area contributed by atoms with Crippen LogP contribution in [0, 0.1) is 0 Å². The lowest BCUT2D eigenvalue weighted by Crippen LogP contribution is -2.62. The number of hydrazine groups is 1. The number of thioether (sulfide) groups is 1. The van der Waals surface area contributed by atoms with Crippen LogP contribution in [0.3, 0.4) is 0 Å². The molecule has 3 amide bonds. The average Bonchev–Trinajstić information content (AvgIpc) is 2.45. The van der Waals surface area contributed by atoms with Crippen LogP contribution in [0.2, 0.25) is 0 Å². The van der Waals surface area contributed by atoms with E-state index in [4.69, 9.17) is 0 Å². The Morgan fingerprint density at radius 1 is 1.45 bits per heavy atom. The van der Waals surface area contributed by atoms with Crippen molar-refractivity contribution in [2.24, 2.45) is 0 Å². The van der Waals surface area contributed by atoms with E-state index in [9.17, 15) is 9.59 Å². The summed E-state index contributed by atoms with van der Waals surface area (Å²) in [5, 5.41) is 0. The zero-order valence-corrected chi connectivity index (χ0v) is 6.48. The Morgan fingerprint density at radius 2 is 2.27 bits per heavy atom. The fourth-order valence-corrected chi connectivity index (χ4v) is 2.28. The fraction of sp³-hybridized carbons (Fsp3) is 0.600. The van der Waals surface area contributed by atoms with Gasteiger partial charge in [-0.2, -0.15) is 0 Å². The van der Waals surface area contributed by atoms with Gasteiger partial charge in [0.1, 0.15) is 6.04 Å². The van der Waals surface area contributed by atoms with Crippen molar-refractivity contribution < 1.29 is 9.59 Å². The highest BCUT2D eigenvalue weighted by Gasteiger charge is 2.38. The Hall–Kier alpha value is -0.910. The normalized spacial score (nSPS) is 29.5. The van der Waals surface area contributed by atoms with E-state index in [1.807, 2.05) is 0 Å². The van der Waals surface area contributed by atoms with Gasteiger partial charge in [0, 0.05) is 5.75 Å². The molecular formula is C5H7N3O2S. The monoisotopic (exact) mass is 173 g/mol. The van der Waals surface area contributed by atoms with Crippen LogP contribution in [0.25, 0.3) is 0 Å². The lowest BCUT2D eigenvalue weighted by atomic mass is 10.3. The molecule has 11 heavy (non-hydrogen) atoms. The quantitative estimate of drug-likeness (QED) is 0.500. The molecule has 6 heteroatoms. The van der Waals surface area contributed by atoms with Crippen molar-refractivity contribution in [2.45, 2.75) is 6.04 Å². The van der Waals surface area contributed by atoms with Crippen molar-refractivity contribution in [3.05, 3.63) is 0 Å². The molecule has 0 radical (unpaired) electrons. The van der Waals surface area contributed by atoms with E-state index in [-0.39, 0.29) is 18.0 Å². The first-order valence-corrected chi connectivity index (χ1v) is 4.39. The maximum atomic E-state index is 11.0. The third-order valence-electron chi connectivity index (χ3n) is 1.74. The van der Waals surface area contributed by atoms with Crippen LogP contribution in [0.5, 0.6) is 0 Å². The zero-order chi connectivity index (χ0) is 7.84. The van der Waals surface area contributed by atoms with Gasteiger partial charge in [-0.3, -0.25) is 10.2 Å². The fourth-order valence-electron chi connectivity index (χ4n) is 1.13. The molecule has 2 saturated heterocycles. The van der Waals surface area contributed by atoms with Crippen LogP contribution in [0.4, 0.5) is 4.79 Å². The molecule has 1 unspecified atom stereocenters. The number of amides is 3. The Kier molecular flexibility index (Phi) is 1.42. The summed E-state index contributed by atoms with van der Waals surface area (Å²) in [6, 6.07) is -0.464. The molecule has 0 aromatic heterocycles. The minimum absolute atomic E-state index is 0.116. The summed E-state index contributed by atoms with van der Waals surface area (Å²) in [5.41, 5.74) is 4.59. The summed E-state index contributed by atoms with van der Waals surface area (Å²) in [6.45, 7) is 0. The number of nitrogens with zero attached hydrogens (tertiary/aromatic N) is 1. The Balaban J connectivity index is 2.20. The number of carbonyl (C=O) groups is 2. The van der Waals surface area contributed by atoms with Gasteiger partial charge in [-0.25, -0.2) is 10.2 Å². The molecule has 2 fully saturated rings. The number of fused-ring (bicyclic) bond motifs is 1. The van der Waals surface area contributed by atoms with E-state index < -0.39 is 0 Å². The summed E-state index contributed by atoms with van der Waals surface area (Å²) in [5.74, 6) is 1.21. The van der Waals surface area contributed by atoms with Gasteiger partial charge in [0.2, 0.25) is 0 Å². The molecule has 0 saturated carbocycles. The molecule has 2 aliphatic heterocycles. The van der Waals surface area contributed by atoms with Crippen molar-refractivity contribution in [1.82, 2.24) is 15.8 Å². The van der Waals surface area contributed by atoms with Crippen LogP contribution in [0.1, 0.15) is 0 Å². The van der Waals surface area contributed by atoms with Gasteiger partial charge < -0.3 is 4.90 Å². The second kappa shape index (κ2) is 2.30. The number of hydrogen-bond donors (Lipinski definition) is 2. The third kappa shape index (κ3) is 0.936. The van der Waals surface area contributed by atoms with E-state index in [0.29, 0.717) is 11.6 Å². The molecule has 2 aliphatic rings.